The lowest BCUT2D eigenvalue weighted by Crippen LogP contribution is -2.41. The van der Waals surface area contributed by atoms with Crippen LogP contribution < -0.4 is 19.5 Å². The number of aliphatic imine (C=N–C) groups is 1. The molecule has 0 radical (unpaired) electrons. The number of rotatable bonds is 9. The molecule has 4 aromatic carbocycles. The predicted molar refractivity (Wildman–Crippen MR) is 163 cm³/mol. The minimum atomic E-state index is -4.18. The average molecular weight is 597 g/mol. The third-order valence-corrected chi connectivity index (χ3v) is 7.73. The van der Waals surface area contributed by atoms with Crippen LogP contribution in [0.4, 0.5) is 17.1 Å². The van der Waals surface area contributed by atoms with E-state index in [4.69, 9.17) is 4.74 Å². The van der Waals surface area contributed by atoms with Gasteiger partial charge in [0.15, 0.2) is 5.92 Å². The molecule has 1 N–H and O–H groups in total. The van der Waals surface area contributed by atoms with Gasteiger partial charge in [-0.25, -0.2) is 23.2 Å². The molecule has 0 spiro atoms. The molecule has 0 bridgehead atoms. The number of carbonyl (C=O) groups is 3. The first-order valence-electron chi connectivity index (χ1n) is 13.4. The third kappa shape index (κ3) is 6.47. The van der Waals surface area contributed by atoms with Gasteiger partial charge in [0.2, 0.25) is 0 Å². The molecule has 1 aliphatic heterocycles. The number of anilines is 2. The lowest BCUT2D eigenvalue weighted by molar-refractivity contribution is -0.124. The maximum absolute atomic E-state index is 13.4. The highest BCUT2D eigenvalue weighted by Gasteiger charge is 2.46. The summed E-state index contributed by atoms with van der Waals surface area (Å²) in [5.74, 6) is -2.38. The van der Waals surface area contributed by atoms with Crippen molar-refractivity contribution in [3.8, 4) is 5.75 Å². The van der Waals surface area contributed by atoms with Crippen molar-refractivity contribution in [2.75, 3.05) is 10.0 Å². The fourth-order valence-corrected chi connectivity index (χ4v) is 5.36. The molecule has 1 saturated heterocycles. The number of amides is 3. The summed E-state index contributed by atoms with van der Waals surface area (Å²) in [6, 6.07) is 29.2. The van der Waals surface area contributed by atoms with Gasteiger partial charge in [0.05, 0.1) is 28.1 Å². The highest BCUT2D eigenvalue weighted by Crippen LogP contribution is 2.31. The molecule has 218 valence electrons. The van der Waals surface area contributed by atoms with Crippen LogP contribution >= 0.6 is 0 Å². The van der Waals surface area contributed by atoms with Crippen molar-refractivity contribution < 1.29 is 27.5 Å². The zero-order valence-electron chi connectivity index (χ0n) is 23.3. The van der Waals surface area contributed by atoms with Gasteiger partial charge in [-0.2, -0.15) is 0 Å². The maximum atomic E-state index is 13.4. The predicted octanol–water partition coefficient (Wildman–Crippen LogP) is 4.91. The molecule has 1 aliphatic rings. The van der Waals surface area contributed by atoms with E-state index in [1.54, 1.807) is 60.7 Å². The first-order chi connectivity index (χ1) is 20.6. The molecule has 3 amide bonds. The second-order valence-electron chi connectivity index (χ2n) is 9.85. The van der Waals surface area contributed by atoms with Crippen LogP contribution in [0.5, 0.6) is 5.75 Å². The van der Waals surface area contributed by atoms with E-state index in [0.717, 1.165) is 0 Å². The second-order valence-corrected chi connectivity index (χ2v) is 11.5. The number of hydrogen-bond donors (Lipinski definition) is 1. The fourth-order valence-electron chi connectivity index (χ4n) is 4.39. The zero-order valence-corrected chi connectivity index (χ0v) is 24.1. The first-order valence-corrected chi connectivity index (χ1v) is 14.9. The van der Waals surface area contributed by atoms with Gasteiger partial charge in [0, 0.05) is 11.8 Å². The van der Waals surface area contributed by atoms with Crippen molar-refractivity contribution in [2.24, 2.45) is 10.9 Å². The van der Waals surface area contributed by atoms with Crippen LogP contribution in [-0.4, -0.2) is 38.5 Å². The molecule has 0 saturated carbocycles. The van der Waals surface area contributed by atoms with Crippen molar-refractivity contribution in [2.45, 2.75) is 24.8 Å². The summed E-state index contributed by atoms with van der Waals surface area (Å²) >= 11 is 0. The number of para-hydroxylation sites is 2. The van der Waals surface area contributed by atoms with Gasteiger partial charge in [-0.1, -0.05) is 36.4 Å². The largest absolute Gasteiger partial charge is 0.491 e. The Morgan fingerprint density at radius 3 is 1.79 bits per heavy atom. The SMILES string of the molecule is CC(C)Oc1ccc(C(=O)NS(=O)(=O)c2ccc(N=CC3C(=O)N(c4ccccc4)N(c4ccccc4)C3=O)cc2)cc1. The number of nitrogens with one attached hydrogen (secondary N) is 1. The molecule has 5 rings (SSSR count). The van der Waals surface area contributed by atoms with Crippen LogP contribution in [0.3, 0.4) is 0 Å². The summed E-state index contributed by atoms with van der Waals surface area (Å²) in [5, 5.41) is 2.63. The molecule has 4 aromatic rings. The van der Waals surface area contributed by atoms with Crippen molar-refractivity contribution >= 4 is 51.0 Å². The average Bonchev–Trinajstić information content (AvgIpc) is 3.25. The van der Waals surface area contributed by atoms with Crippen molar-refractivity contribution in [3.63, 3.8) is 0 Å². The highest BCUT2D eigenvalue weighted by molar-refractivity contribution is 7.90. The maximum Gasteiger partial charge on any atom is 0.265 e. The summed E-state index contributed by atoms with van der Waals surface area (Å²) in [6.07, 6.45) is 1.21. The number of sulfonamides is 1. The zero-order chi connectivity index (χ0) is 30.6. The van der Waals surface area contributed by atoms with Crippen LogP contribution in [-0.2, 0) is 19.6 Å². The molecular weight excluding hydrogens is 568 g/mol. The van der Waals surface area contributed by atoms with E-state index in [1.807, 2.05) is 26.0 Å². The Bertz CT molecular complexity index is 1700. The lowest BCUT2D eigenvalue weighted by Gasteiger charge is -2.27. The van der Waals surface area contributed by atoms with Gasteiger partial charge in [-0.3, -0.25) is 19.4 Å². The summed E-state index contributed by atoms with van der Waals surface area (Å²) < 4.78 is 33.3. The minimum Gasteiger partial charge on any atom is -0.491 e. The molecule has 10 nitrogen and oxygen atoms in total. The summed E-state index contributed by atoms with van der Waals surface area (Å²) in [4.78, 5) is 43.6. The number of hydrogen-bond acceptors (Lipinski definition) is 7. The van der Waals surface area contributed by atoms with Gasteiger partial charge in [-0.15, -0.1) is 0 Å². The molecule has 0 aromatic heterocycles. The van der Waals surface area contributed by atoms with Gasteiger partial charge in [0.1, 0.15) is 5.75 Å². The van der Waals surface area contributed by atoms with Crippen LogP contribution in [0.2, 0.25) is 0 Å². The second kappa shape index (κ2) is 12.3. The minimum absolute atomic E-state index is 0.0422. The number of hydrazine groups is 1. The Balaban J connectivity index is 1.31. The Kier molecular flexibility index (Phi) is 8.35. The highest BCUT2D eigenvalue weighted by atomic mass is 32.2. The van der Waals surface area contributed by atoms with Crippen LogP contribution in [0.25, 0.3) is 0 Å². The number of nitrogens with zero attached hydrogens (tertiary/aromatic N) is 3. The topological polar surface area (TPSA) is 125 Å². The van der Waals surface area contributed by atoms with Gasteiger partial charge >= 0.3 is 0 Å². The quantitative estimate of drug-likeness (QED) is 0.216. The van der Waals surface area contributed by atoms with Crippen LogP contribution in [0, 0.1) is 5.92 Å². The van der Waals surface area contributed by atoms with E-state index in [1.165, 1.54) is 52.6 Å². The van der Waals surface area contributed by atoms with E-state index >= 15 is 0 Å². The van der Waals surface area contributed by atoms with Gasteiger partial charge in [0.25, 0.3) is 27.7 Å². The molecule has 11 heteroatoms. The van der Waals surface area contributed by atoms with E-state index in [-0.39, 0.29) is 16.6 Å². The Morgan fingerprint density at radius 2 is 1.30 bits per heavy atom. The number of ether oxygens (including phenoxy) is 1. The standard InChI is InChI=1S/C32H28N4O6S/c1-22(2)42-27-17-13-23(14-18-27)30(37)34-43(40,41)28-19-15-24(16-20-28)33-21-29-31(38)35(25-9-5-3-6-10-25)36(32(29)39)26-11-7-4-8-12-26/h3-22,29H,1-2H3,(H,34,37). The van der Waals surface area contributed by atoms with E-state index in [0.29, 0.717) is 22.8 Å². The van der Waals surface area contributed by atoms with Gasteiger partial charge < -0.3 is 4.74 Å². The number of benzene rings is 4. The molecule has 0 unspecified atom stereocenters. The molecule has 43 heavy (non-hydrogen) atoms. The first kappa shape index (κ1) is 29.2. The van der Waals surface area contributed by atoms with Crippen molar-refractivity contribution in [1.29, 1.82) is 0 Å². The van der Waals surface area contributed by atoms with E-state index in [2.05, 4.69) is 9.71 Å². The molecule has 0 atom stereocenters. The summed E-state index contributed by atoms with van der Waals surface area (Å²) in [5.41, 5.74) is 1.52. The molecular formula is C32H28N4O6S. The fraction of sp³-hybridized carbons (Fsp3) is 0.125. The summed E-state index contributed by atoms with van der Waals surface area (Å²) in [6.45, 7) is 3.74. The monoisotopic (exact) mass is 596 g/mol. The van der Waals surface area contributed by atoms with Crippen LogP contribution in [0.1, 0.15) is 24.2 Å². The Hall–Kier alpha value is -5.29. The Morgan fingerprint density at radius 1 is 0.791 bits per heavy atom. The third-order valence-electron chi connectivity index (χ3n) is 6.39. The van der Waals surface area contributed by atoms with Crippen LogP contribution in [0.15, 0.2) is 119 Å². The van der Waals surface area contributed by atoms with E-state index in [9.17, 15) is 22.8 Å². The van der Waals surface area contributed by atoms with E-state index < -0.39 is 33.7 Å². The van der Waals surface area contributed by atoms with Crippen molar-refractivity contribution in [3.05, 3.63) is 115 Å². The number of carbonyl (C=O) groups excluding carboxylic acids is 3. The normalized spacial score (nSPS) is 14.1. The summed E-state index contributed by atoms with van der Waals surface area (Å²) in [7, 11) is -4.18. The Labute approximate surface area is 249 Å². The smallest absolute Gasteiger partial charge is 0.265 e. The van der Waals surface area contributed by atoms with Crippen molar-refractivity contribution in [1.82, 2.24) is 4.72 Å². The van der Waals surface area contributed by atoms with Gasteiger partial charge in [-0.05, 0) is 86.6 Å². The molecule has 0 aliphatic carbocycles. The molecule has 1 fully saturated rings. The lowest BCUT2D eigenvalue weighted by atomic mass is 10.1. The molecule has 1 heterocycles.